The number of aromatic nitrogens is 1. The number of para-hydroxylation sites is 1. The molecule has 1 heterocycles. The lowest BCUT2D eigenvalue weighted by atomic mass is 10.1. The molecule has 116 valence electrons. The maximum Gasteiger partial charge on any atom is 0.256 e. The molecule has 3 aromatic rings. The Morgan fingerprint density at radius 3 is 2.74 bits per heavy atom. The van der Waals surface area contributed by atoms with Crippen LogP contribution in [0.15, 0.2) is 60.7 Å². The first kappa shape index (κ1) is 15.4. The summed E-state index contributed by atoms with van der Waals surface area (Å²) in [6.07, 6.45) is 1.64. The van der Waals surface area contributed by atoms with Crippen molar-refractivity contribution in [3.8, 4) is 0 Å². The zero-order valence-corrected chi connectivity index (χ0v) is 13.5. The lowest BCUT2D eigenvalue weighted by molar-refractivity contribution is 0.102. The van der Waals surface area contributed by atoms with Gasteiger partial charge in [-0.1, -0.05) is 30.3 Å². The third-order valence-corrected chi connectivity index (χ3v) is 4.14. The molecule has 1 aromatic heterocycles. The lowest BCUT2D eigenvalue weighted by Crippen LogP contribution is -2.13. The molecule has 0 bridgehead atoms. The molecule has 2 aromatic carbocycles. The molecule has 3 rings (SSSR count). The van der Waals surface area contributed by atoms with E-state index in [1.807, 2.05) is 36.4 Å². The lowest BCUT2D eigenvalue weighted by Gasteiger charge is -2.07. The highest BCUT2D eigenvalue weighted by atomic mass is 32.2. The molecule has 0 saturated heterocycles. The van der Waals surface area contributed by atoms with E-state index in [1.165, 1.54) is 0 Å². The Kier molecular flexibility index (Phi) is 4.48. The van der Waals surface area contributed by atoms with Crippen molar-refractivity contribution in [2.75, 3.05) is 11.6 Å². The van der Waals surface area contributed by atoms with Gasteiger partial charge in [0.25, 0.3) is 5.91 Å². The molecular weight excluding hydrogens is 308 g/mol. The third-order valence-electron chi connectivity index (χ3n) is 3.40. The molecule has 0 aliphatic carbocycles. The average Bonchev–Trinajstić information content (AvgIpc) is 2.54. The summed E-state index contributed by atoms with van der Waals surface area (Å²) in [5, 5.41) is 3.83. The van der Waals surface area contributed by atoms with Crippen LogP contribution in [-0.2, 0) is 16.6 Å². The van der Waals surface area contributed by atoms with Crippen molar-refractivity contribution < 1.29 is 9.00 Å². The fourth-order valence-electron chi connectivity index (χ4n) is 2.36. The Balaban J connectivity index is 1.81. The van der Waals surface area contributed by atoms with Crippen LogP contribution in [0.1, 0.15) is 15.9 Å². The van der Waals surface area contributed by atoms with Crippen LogP contribution in [0.4, 0.5) is 5.82 Å². The maximum absolute atomic E-state index is 12.4. The number of hydrogen-bond donors (Lipinski definition) is 1. The molecule has 1 amide bonds. The second kappa shape index (κ2) is 6.71. The molecule has 0 aliphatic heterocycles. The van der Waals surface area contributed by atoms with Gasteiger partial charge in [-0.15, -0.1) is 0 Å². The maximum atomic E-state index is 12.4. The predicted octanol–water partition coefficient (Wildman–Crippen LogP) is 3.37. The number of amides is 1. The van der Waals surface area contributed by atoms with Crippen molar-refractivity contribution in [1.82, 2.24) is 4.98 Å². The zero-order chi connectivity index (χ0) is 16.2. The van der Waals surface area contributed by atoms with Gasteiger partial charge < -0.3 is 5.32 Å². The smallest absolute Gasteiger partial charge is 0.256 e. The van der Waals surface area contributed by atoms with Crippen molar-refractivity contribution >= 4 is 33.4 Å². The van der Waals surface area contributed by atoms with Gasteiger partial charge >= 0.3 is 0 Å². The highest BCUT2D eigenvalue weighted by Gasteiger charge is 2.08. The second-order valence-electron chi connectivity index (χ2n) is 5.26. The summed E-state index contributed by atoms with van der Waals surface area (Å²) in [5.41, 5.74) is 2.24. The average molecular weight is 324 g/mol. The van der Waals surface area contributed by atoms with E-state index in [9.17, 15) is 9.00 Å². The van der Waals surface area contributed by atoms with Crippen molar-refractivity contribution in [3.05, 3.63) is 71.8 Å². The number of carbonyl (C=O) groups is 1. The van der Waals surface area contributed by atoms with E-state index in [4.69, 9.17) is 0 Å². The van der Waals surface area contributed by atoms with E-state index in [0.29, 0.717) is 17.1 Å². The summed E-state index contributed by atoms with van der Waals surface area (Å²) in [6, 6.07) is 18.6. The SMILES string of the molecule is CS(=O)Cc1cccc(C(=O)Nc2ccc3ccccc3n2)c1. The first-order valence-electron chi connectivity index (χ1n) is 7.18. The summed E-state index contributed by atoms with van der Waals surface area (Å²) in [6.45, 7) is 0. The number of rotatable bonds is 4. The number of benzene rings is 2. The largest absolute Gasteiger partial charge is 0.307 e. The van der Waals surface area contributed by atoms with E-state index in [-0.39, 0.29) is 5.91 Å². The number of nitrogens with one attached hydrogen (secondary N) is 1. The predicted molar refractivity (Wildman–Crippen MR) is 93.9 cm³/mol. The molecule has 1 atom stereocenters. The van der Waals surface area contributed by atoms with Gasteiger partial charge in [-0.25, -0.2) is 4.98 Å². The number of carbonyl (C=O) groups excluding carboxylic acids is 1. The van der Waals surface area contributed by atoms with Crippen LogP contribution in [0.25, 0.3) is 10.9 Å². The van der Waals surface area contributed by atoms with Gasteiger partial charge in [0.15, 0.2) is 0 Å². The van der Waals surface area contributed by atoms with Crippen molar-refractivity contribution in [2.45, 2.75) is 5.75 Å². The Bertz CT molecular complexity index is 893. The van der Waals surface area contributed by atoms with Crippen molar-refractivity contribution in [3.63, 3.8) is 0 Å². The Morgan fingerprint density at radius 2 is 1.91 bits per heavy atom. The van der Waals surface area contributed by atoms with Gasteiger partial charge in [0, 0.05) is 33.8 Å². The van der Waals surface area contributed by atoms with Crippen LogP contribution >= 0.6 is 0 Å². The van der Waals surface area contributed by atoms with E-state index < -0.39 is 10.8 Å². The third kappa shape index (κ3) is 3.81. The first-order valence-corrected chi connectivity index (χ1v) is 8.91. The molecule has 4 nitrogen and oxygen atoms in total. The number of fused-ring (bicyclic) bond motifs is 1. The molecule has 0 spiro atoms. The minimum absolute atomic E-state index is 0.225. The first-order chi connectivity index (χ1) is 11.1. The standard InChI is InChI=1S/C18H16N2O2S/c1-23(22)12-13-5-4-7-15(11-13)18(21)20-17-10-9-14-6-2-3-8-16(14)19-17/h2-11H,12H2,1H3,(H,19,20,21). The van der Waals surface area contributed by atoms with Crippen LogP contribution in [0, 0.1) is 0 Å². The van der Waals surface area contributed by atoms with E-state index in [2.05, 4.69) is 10.3 Å². The fourth-order valence-corrected chi connectivity index (χ4v) is 3.01. The van der Waals surface area contributed by atoms with Gasteiger partial charge in [0.2, 0.25) is 0 Å². The normalized spacial score (nSPS) is 12.0. The minimum Gasteiger partial charge on any atom is -0.307 e. The molecule has 0 radical (unpaired) electrons. The molecule has 5 heteroatoms. The van der Waals surface area contributed by atoms with Gasteiger partial charge in [0.1, 0.15) is 5.82 Å². The van der Waals surface area contributed by atoms with E-state index in [1.54, 1.807) is 30.5 Å². The zero-order valence-electron chi connectivity index (χ0n) is 12.7. The van der Waals surface area contributed by atoms with Crippen LogP contribution < -0.4 is 5.32 Å². The van der Waals surface area contributed by atoms with Gasteiger partial charge in [-0.05, 0) is 35.9 Å². The minimum atomic E-state index is -0.936. The summed E-state index contributed by atoms with van der Waals surface area (Å²) in [4.78, 5) is 16.8. The molecule has 0 saturated carbocycles. The van der Waals surface area contributed by atoms with Crippen molar-refractivity contribution in [2.24, 2.45) is 0 Å². The highest BCUT2D eigenvalue weighted by Crippen LogP contribution is 2.16. The van der Waals surface area contributed by atoms with Gasteiger partial charge in [-0.3, -0.25) is 9.00 Å². The highest BCUT2D eigenvalue weighted by molar-refractivity contribution is 7.83. The van der Waals surface area contributed by atoms with Crippen molar-refractivity contribution in [1.29, 1.82) is 0 Å². The summed E-state index contributed by atoms with van der Waals surface area (Å²) in [7, 11) is -0.936. The summed E-state index contributed by atoms with van der Waals surface area (Å²) < 4.78 is 11.3. The number of anilines is 1. The van der Waals surface area contributed by atoms with Gasteiger partial charge in [-0.2, -0.15) is 0 Å². The quantitative estimate of drug-likeness (QED) is 0.800. The Morgan fingerprint density at radius 1 is 1.09 bits per heavy atom. The molecule has 0 fully saturated rings. The Hall–Kier alpha value is -2.53. The Labute approximate surface area is 137 Å². The number of pyridine rings is 1. The monoisotopic (exact) mass is 324 g/mol. The molecule has 1 N–H and O–H groups in total. The van der Waals surface area contributed by atoms with Crippen LogP contribution in [0.5, 0.6) is 0 Å². The summed E-state index contributed by atoms with van der Waals surface area (Å²) in [5.74, 6) is 0.727. The van der Waals surface area contributed by atoms with E-state index >= 15 is 0 Å². The molecule has 1 unspecified atom stereocenters. The molecule has 23 heavy (non-hydrogen) atoms. The van der Waals surface area contributed by atoms with Crippen LogP contribution in [0.3, 0.4) is 0 Å². The number of nitrogens with zero attached hydrogens (tertiary/aromatic N) is 1. The van der Waals surface area contributed by atoms with Crippen LogP contribution in [0.2, 0.25) is 0 Å². The van der Waals surface area contributed by atoms with E-state index in [0.717, 1.165) is 16.5 Å². The van der Waals surface area contributed by atoms with Crippen LogP contribution in [-0.4, -0.2) is 21.4 Å². The molecule has 0 aliphatic rings. The number of hydrogen-bond acceptors (Lipinski definition) is 3. The summed E-state index contributed by atoms with van der Waals surface area (Å²) >= 11 is 0. The second-order valence-corrected chi connectivity index (χ2v) is 6.70. The topological polar surface area (TPSA) is 59.1 Å². The van der Waals surface area contributed by atoms with Gasteiger partial charge in [0.05, 0.1) is 5.52 Å². The molecular formula is C18H16N2O2S. The fraction of sp³-hybridized carbons (Fsp3) is 0.111.